The maximum atomic E-state index is 2.47. The zero-order valence-corrected chi connectivity index (χ0v) is 13.0. The van der Waals surface area contributed by atoms with E-state index < -0.39 is 0 Å². The summed E-state index contributed by atoms with van der Waals surface area (Å²) in [7, 11) is 0. The monoisotopic (exact) mass is 238 g/mol. The van der Waals surface area contributed by atoms with Gasteiger partial charge in [-0.05, 0) is 54.8 Å². The van der Waals surface area contributed by atoms with Crippen LogP contribution < -0.4 is 0 Å². The topological polar surface area (TPSA) is 0 Å². The van der Waals surface area contributed by atoms with E-state index in [4.69, 9.17) is 0 Å². The molecule has 0 saturated heterocycles. The lowest BCUT2D eigenvalue weighted by molar-refractivity contribution is 0.175. The molecule has 5 atom stereocenters. The first-order chi connectivity index (χ1) is 7.90. The molecule has 17 heavy (non-hydrogen) atoms. The molecule has 5 unspecified atom stereocenters. The highest BCUT2D eigenvalue weighted by molar-refractivity contribution is 4.77. The summed E-state index contributed by atoms with van der Waals surface area (Å²) in [5.41, 5.74) is 0. The number of hydrogen-bond acceptors (Lipinski definition) is 0. The Hall–Kier alpha value is 0. The molecule has 1 aliphatic carbocycles. The molecule has 0 amide bonds. The highest BCUT2D eigenvalue weighted by Gasteiger charge is 2.26. The van der Waals surface area contributed by atoms with Crippen molar-refractivity contribution in [2.45, 2.75) is 73.6 Å². The molecule has 1 aliphatic rings. The van der Waals surface area contributed by atoms with Gasteiger partial charge >= 0.3 is 0 Å². The first kappa shape index (κ1) is 15.1. The van der Waals surface area contributed by atoms with Crippen LogP contribution in [0.15, 0.2) is 0 Å². The van der Waals surface area contributed by atoms with Crippen LogP contribution in [0, 0.1) is 35.5 Å². The molecular weight excluding hydrogens is 204 g/mol. The second-order valence-corrected chi connectivity index (χ2v) is 7.43. The van der Waals surface area contributed by atoms with Crippen molar-refractivity contribution >= 4 is 0 Å². The van der Waals surface area contributed by atoms with Gasteiger partial charge in [-0.1, -0.05) is 54.4 Å². The summed E-state index contributed by atoms with van der Waals surface area (Å²) >= 11 is 0. The maximum absolute atomic E-state index is 2.47. The maximum Gasteiger partial charge on any atom is -0.0409 e. The van der Waals surface area contributed by atoms with Gasteiger partial charge in [0, 0.05) is 0 Å². The van der Waals surface area contributed by atoms with Gasteiger partial charge in [0.2, 0.25) is 0 Å². The third-order valence-electron chi connectivity index (χ3n) is 5.35. The van der Waals surface area contributed by atoms with E-state index >= 15 is 0 Å². The normalized spacial score (nSPS) is 33.7. The second-order valence-electron chi connectivity index (χ2n) is 7.43. The van der Waals surface area contributed by atoms with Crippen LogP contribution in [0.2, 0.25) is 0 Å². The summed E-state index contributed by atoms with van der Waals surface area (Å²) in [6, 6.07) is 0. The zero-order chi connectivity index (χ0) is 13.0. The molecular formula is C17H34. The van der Waals surface area contributed by atoms with Crippen LogP contribution in [-0.4, -0.2) is 0 Å². The van der Waals surface area contributed by atoms with Crippen LogP contribution in [0.5, 0.6) is 0 Å². The predicted molar refractivity (Wildman–Crippen MR) is 78.1 cm³/mol. The molecule has 0 aliphatic heterocycles. The Balaban J connectivity index is 2.29. The summed E-state index contributed by atoms with van der Waals surface area (Å²) < 4.78 is 0. The van der Waals surface area contributed by atoms with Gasteiger partial charge in [0.15, 0.2) is 0 Å². The van der Waals surface area contributed by atoms with Crippen molar-refractivity contribution in [2.24, 2.45) is 35.5 Å². The highest BCUT2D eigenvalue weighted by atomic mass is 14.3. The molecule has 1 rings (SSSR count). The minimum absolute atomic E-state index is 0.850. The molecule has 1 fully saturated rings. The van der Waals surface area contributed by atoms with Gasteiger partial charge in [-0.3, -0.25) is 0 Å². The van der Waals surface area contributed by atoms with Crippen molar-refractivity contribution in [3.8, 4) is 0 Å². The van der Waals surface area contributed by atoms with E-state index in [1.54, 1.807) is 0 Å². The lowest BCUT2D eigenvalue weighted by Crippen LogP contribution is -2.22. The van der Waals surface area contributed by atoms with Crippen molar-refractivity contribution in [3.63, 3.8) is 0 Å². The smallest absolute Gasteiger partial charge is 0.0409 e. The zero-order valence-electron chi connectivity index (χ0n) is 13.0. The predicted octanol–water partition coefficient (Wildman–Crippen LogP) is 5.77. The average Bonchev–Trinajstić information content (AvgIpc) is 2.23. The van der Waals surface area contributed by atoms with Crippen molar-refractivity contribution in [3.05, 3.63) is 0 Å². The Kier molecular flexibility index (Phi) is 6.03. The number of hydrogen-bond donors (Lipinski definition) is 0. The van der Waals surface area contributed by atoms with Crippen molar-refractivity contribution in [1.82, 2.24) is 0 Å². The molecule has 0 N–H and O–H groups in total. The number of rotatable bonds is 5. The summed E-state index contributed by atoms with van der Waals surface area (Å²) in [6.45, 7) is 14.5. The van der Waals surface area contributed by atoms with Gasteiger partial charge in [-0.25, -0.2) is 0 Å². The summed E-state index contributed by atoms with van der Waals surface area (Å²) in [5.74, 6) is 5.63. The summed E-state index contributed by atoms with van der Waals surface area (Å²) in [4.78, 5) is 0. The second kappa shape index (κ2) is 6.81. The molecule has 0 aromatic heterocycles. The fraction of sp³-hybridized carbons (Fsp3) is 1.00. The van der Waals surface area contributed by atoms with Crippen LogP contribution in [0.25, 0.3) is 0 Å². The fourth-order valence-corrected chi connectivity index (χ4v) is 3.45. The van der Waals surface area contributed by atoms with Gasteiger partial charge < -0.3 is 0 Å². The van der Waals surface area contributed by atoms with Crippen LogP contribution >= 0.6 is 0 Å². The molecule has 0 bridgehead atoms. The molecule has 102 valence electrons. The van der Waals surface area contributed by atoms with E-state index in [0.29, 0.717) is 0 Å². The quantitative estimate of drug-likeness (QED) is 0.570. The molecule has 0 spiro atoms. The van der Waals surface area contributed by atoms with Gasteiger partial charge in [-0.15, -0.1) is 0 Å². The summed E-state index contributed by atoms with van der Waals surface area (Å²) in [5, 5.41) is 0. The Bertz CT molecular complexity index is 206. The Labute approximate surface area is 110 Å². The Morgan fingerprint density at radius 3 is 2.12 bits per heavy atom. The van der Waals surface area contributed by atoms with Gasteiger partial charge in [0.1, 0.15) is 0 Å². The third kappa shape index (κ3) is 5.02. The van der Waals surface area contributed by atoms with Crippen molar-refractivity contribution < 1.29 is 0 Å². The SMILES string of the molecule is CC(CC1CCC(C)C(C)C1)CC(C)C(C)C. The molecule has 1 saturated carbocycles. The van der Waals surface area contributed by atoms with Gasteiger partial charge in [-0.2, -0.15) is 0 Å². The lowest BCUT2D eigenvalue weighted by Gasteiger charge is -2.34. The Morgan fingerprint density at radius 2 is 1.59 bits per heavy atom. The van der Waals surface area contributed by atoms with Crippen molar-refractivity contribution in [2.75, 3.05) is 0 Å². The van der Waals surface area contributed by atoms with E-state index in [1.165, 1.54) is 32.1 Å². The van der Waals surface area contributed by atoms with Crippen LogP contribution in [-0.2, 0) is 0 Å². The first-order valence-electron chi connectivity index (χ1n) is 7.90. The third-order valence-corrected chi connectivity index (χ3v) is 5.35. The van der Waals surface area contributed by atoms with Gasteiger partial charge in [0.25, 0.3) is 0 Å². The van der Waals surface area contributed by atoms with E-state index in [9.17, 15) is 0 Å². The molecule has 0 aromatic rings. The van der Waals surface area contributed by atoms with E-state index in [-0.39, 0.29) is 0 Å². The first-order valence-corrected chi connectivity index (χ1v) is 7.90. The van der Waals surface area contributed by atoms with E-state index in [2.05, 4.69) is 41.5 Å². The van der Waals surface area contributed by atoms with E-state index in [1.807, 2.05) is 0 Å². The molecule has 0 heterocycles. The molecule has 0 aromatic carbocycles. The van der Waals surface area contributed by atoms with Crippen LogP contribution in [0.3, 0.4) is 0 Å². The van der Waals surface area contributed by atoms with Gasteiger partial charge in [0.05, 0.1) is 0 Å². The summed E-state index contributed by atoms with van der Waals surface area (Å²) in [6.07, 6.45) is 7.36. The molecule has 0 heteroatoms. The lowest BCUT2D eigenvalue weighted by atomic mass is 9.72. The Morgan fingerprint density at radius 1 is 0.941 bits per heavy atom. The van der Waals surface area contributed by atoms with E-state index in [0.717, 1.165) is 35.5 Å². The molecule has 0 radical (unpaired) electrons. The van der Waals surface area contributed by atoms with Crippen LogP contribution in [0.4, 0.5) is 0 Å². The van der Waals surface area contributed by atoms with Crippen LogP contribution in [0.1, 0.15) is 73.6 Å². The standard InChI is InChI=1S/C17H34/c1-12(2)15(5)9-13(3)10-17-8-7-14(4)16(6)11-17/h12-17H,7-11H2,1-6H3. The minimum Gasteiger partial charge on any atom is -0.0625 e. The molecule has 0 nitrogen and oxygen atoms in total. The largest absolute Gasteiger partial charge is 0.0625 e. The minimum atomic E-state index is 0.850. The van der Waals surface area contributed by atoms with Crippen molar-refractivity contribution in [1.29, 1.82) is 0 Å². The average molecular weight is 238 g/mol. The highest BCUT2D eigenvalue weighted by Crippen LogP contribution is 2.37. The fourth-order valence-electron chi connectivity index (χ4n) is 3.45.